The Labute approximate surface area is 301 Å². The number of anilines is 2. The topological polar surface area (TPSA) is 140 Å². The molecular weight excluding hydrogens is 667 g/mol. The van der Waals surface area contributed by atoms with Crippen LogP contribution in [0.1, 0.15) is 74.6 Å². The first-order chi connectivity index (χ1) is 24.1. The van der Waals surface area contributed by atoms with Crippen LogP contribution in [0.15, 0.2) is 65.8 Å². The molecule has 4 bridgehead atoms. The Morgan fingerprint density at radius 2 is 1.76 bits per heavy atom. The fourth-order valence-corrected chi connectivity index (χ4v) is 7.34. The van der Waals surface area contributed by atoms with Gasteiger partial charge in [0.2, 0.25) is 11.8 Å². The quantitative estimate of drug-likeness (QED) is 0.183. The standard InChI is InChI=1S/C38H49N7O5S/c1-25(2)44(16-11-17-49-8)33-22-39-21-29(40-33)23-45-30(20-38(5,6)7)24-50-34-19-32(35-26(3)12-9-13-27(35)4)41-37(42-34)43-51(47,48)31-15-10-14-28(18-31)36(45)46/h9-10,12-15,18-19,21-22,25,30H,11,16-17,20,23-24H2,1-8H3,(H,41,42,43)/t30-/m1/s1. The molecule has 0 aliphatic carbocycles. The minimum Gasteiger partial charge on any atom is -0.475 e. The van der Waals surface area contributed by atoms with Crippen molar-refractivity contribution >= 4 is 27.7 Å². The number of aromatic nitrogens is 4. The van der Waals surface area contributed by atoms with E-state index in [-0.39, 0.29) is 52.8 Å². The summed E-state index contributed by atoms with van der Waals surface area (Å²) < 4.78 is 41.7. The number of hydrogen-bond donors (Lipinski definition) is 1. The van der Waals surface area contributed by atoms with Crippen molar-refractivity contribution in [3.8, 4) is 17.1 Å². The number of fused-ring (bicyclic) bond motifs is 4. The van der Waals surface area contributed by atoms with Crippen LogP contribution in [0.4, 0.5) is 11.8 Å². The molecule has 0 unspecified atom stereocenters. The predicted molar refractivity (Wildman–Crippen MR) is 198 cm³/mol. The minimum atomic E-state index is -4.19. The maximum atomic E-state index is 14.6. The average molecular weight is 716 g/mol. The van der Waals surface area contributed by atoms with Gasteiger partial charge >= 0.3 is 0 Å². The fourth-order valence-electron chi connectivity index (χ4n) is 6.35. The summed E-state index contributed by atoms with van der Waals surface area (Å²) in [6, 6.07) is 13.3. The summed E-state index contributed by atoms with van der Waals surface area (Å²) in [5.74, 6) is 0.402. The van der Waals surface area contributed by atoms with Gasteiger partial charge in [-0.1, -0.05) is 45.0 Å². The van der Waals surface area contributed by atoms with Crippen LogP contribution in [0, 0.1) is 19.3 Å². The normalized spacial score (nSPS) is 16.1. The molecular formula is C38H49N7O5S. The summed E-state index contributed by atoms with van der Waals surface area (Å²) in [5.41, 5.74) is 3.91. The number of amides is 1. The number of ether oxygens (including phenoxy) is 2. The van der Waals surface area contributed by atoms with E-state index in [1.165, 1.54) is 12.1 Å². The van der Waals surface area contributed by atoms with E-state index in [1.54, 1.807) is 42.6 Å². The molecule has 1 aliphatic rings. The van der Waals surface area contributed by atoms with Crippen molar-refractivity contribution in [3.63, 3.8) is 0 Å². The number of benzene rings is 2. The summed E-state index contributed by atoms with van der Waals surface area (Å²) in [6.07, 6.45) is 4.79. The van der Waals surface area contributed by atoms with Gasteiger partial charge in [-0.2, -0.15) is 4.98 Å². The smallest absolute Gasteiger partial charge is 0.264 e. The van der Waals surface area contributed by atoms with Crippen LogP contribution in [-0.2, 0) is 21.3 Å². The van der Waals surface area contributed by atoms with E-state index in [0.717, 1.165) is 29.7 Å². The molecule has 1 N–H and O–H groups in total. The molecule has 0 fully saturated rings. The van der Waals surface area contributed by atoms with Gasteiger partial charge in [0.25, 0.3) is 15.9 Å². The van der Waals surface area contributed by atoms with Gasteiger partial charge in [-0.25, -0.2) is 23.1 Å². The van der Waals surface area contributed by atoms with E-state index in [0.29, 0.717) is 30.2 Å². The molecule has 2 aromatic carbocycles. The average Bonchev–Trinajstić information content (AvgIpc) is 3.06. The molecule has 272 valence electrons. The molecule has 5 rings (SSSR count). The van der Waals surface area contributed by atoms with Crippen LogP contribution in [0.25, 0.3) is 11.3 Å². The van der Waals surface area contributed by atoms with E-state index >= 15 is 0 Å². The van der Waals surface area contributed by atoms with Crippen LogP contribution in [-0.4, -0.2) is 78.1 Å². The molecule has 0 saturated carbocycles. The molecule has 4 aromatic rings. The third-order valence-electron chi connectivity index (χ3n) is 8.70. The Morgan fingerprint density at radius 1 is 1.04 bits per heavy atom. The number of rotatable bonds is 10. The molecule has 12 nitrogen and oxygen atoms in total. The highest BCUT2D eigenvalue weighted by Crippen LogP contribution is 2.32. The monoisotopic (exact) mass is 715 g/mol. The first-order valence-electron chi connectivity index (χ1n) is 17.2. The molecule has 1 amide bonds. The lowest BCUT2D eigenvalue weighted by molar-refractivity contribution is 0.0509. The van der Waals surface area contributed by atoms with Crippen LogP contribution >= 0.6 is 0 Å². The van der Waals surface area contributed by atoms with Gasteiger partial charge in [-0.15, -0.1) is 0 Å². The second-order valence-electron chi connectivity index (χ2n) is 14.5. The summed E-state index contributed by atoms with van der Waals surface area (Å²) in [7, 11) is -2.51. The third kappa shape index (κ3) is 9.39. The van der Waals surface area contributed by atoms with E-state index in [9.17, 15) is 13.2 Å². The third-order valence-corrected chi connectivity index (χ3v) is 10.0. The highest BCUT2D eigenvalue weighted by molar-refractivity contribution is 7.92. The van der Waals surface area contributed by atoms with Crippen molar-refractivity contribution < 1.29 is 22.7 Å². The number of nitrogens with zero attached hydrogens (tertiary/aromatic N) is 6. The zero-order valence-corrected chi connectivity index (χ0v) is 31.6. The highest BCUT2D eigenvalue weighted by Gasteiger charge is 2.32. The number of methoxy groups -OCH3 is 1. The summed E-state index contributed by atoms with van der Waals surface area (Å²) >= 11 is 0. The van der Waals surface area contributed by atoms with E-state index in [4.69, 9.17) is 14.5 Å². The van der Waals surface area contributed by atoms with E-state index in [1.807, 2.05) is 32.0 Å². The number of carbonyl (C=O) groups excluding carboxylic acids is 1. The maximum Gasteiger partial charge on any atom is 0.264 e. The van der Waals surface area contributed by atoms with Crippen molar-refractivity contribution in [2.24, 2.45) is 5.41 Å². The Hall–Kier alpha value is -4.62. The van der Waals surface area contributed by atoms with Gasteiger partial charge in [0.1, 0.15) is 12.4 Å². The first kappa shape index (κ1) is 37.6. The second kappa shape index (κ2) is 15.7. The van der Waals surface area contributed by atoms with Crippen molar-refractivity contribution in [3.05, 3.63) is 83.3 Å². The number of hydrogen-bond acceptors (Lipinski definition) is 10. The van der Waals surface area contributed by atoms with Gasteiger partial charge in [0.05, 0.1) is 41.3 Å². The predicted octanol–water partition coefficient (Wildman–Crippen LogP) is 6.44. The van der Waals surface area contributed by atoms with E-state index < -0.39 is 16.1 Å². The summed E-state index contributed by atoms with van der Waals surface area (Å²) in [4.78, 5) is 37.0. The van der Waals surface area contributed by atoms with Gasteiger partial charge in [-0.3, -0.25) is 9.78 Å². The SMILES string of the molecule is COCCCN(c1cncc(CN2C(=O)c3cccc(c3)S(=O)(=O)Nc3nc(cc(-c4c(C)cccc4C)n3)OC[C@H]2CC(C)(C)C)n1)C(C)C. The Balaban J connectivity index is 1.62. The molecule has 2 aromatic heterocycles. The zero-order chi connectivity index (χ0) is 36.9. The molecule has 0 spiro atoms. The number of aryl methyl sites for hydroxylation is 2. The van der Waals surface area contributed by atoms with Crippen LogP contribution in [0.2, 0.25) is 0 Å². The lowest BCUT2D eigenvalue weighted by atomic mass is 9.87. The Kier molecular flexibility index (Phi) is 11.6. The van der Waals surface area contributed by atoms with E-state index in [2.05, 4.69) is 59.2 Å². The highest BCUT2D eigenvalue weighted by atomic mass is 32.2. The summed E-state index contributed by atoms with van der Waals surface area (Å²) in [5, 5.41) is 0. The van der Waals surface area contributed by atoms with Crippen molar-refractivity contribution in [1.29, 1.82) is 0 Å². The van der Waals surface area contributed by atoms with Gasteiger partial charge < -0.3 is 19.3 Å². The molecule has 13 heteroatoms. The van der Waals surface area contributed by atoms with Crippen molar-refractivity contribution in [2.45, 2.75) is 84.8 Å². The lowest BCUT2D eigenvalue weighted by Gasteiger charge is -2.36. The van der Waals surface area contributed by atoms with Crippen LogP contribution in [0.3, 0.4) is 0 Å². The van der Waals surface area contributed by atoms with Crippen LogP contribution in [0.5, 0.6) is 5.88 Å². The Bertz CT molecular complexity index is 1940. The van der Waals surface area contributed by atoms with Gasteiger partial charge in [-0.05, 0) is 75.3 Å². The number of sulfonamides is 1. The van der Waals surface area contributed by atoms with Crippen LogP contribution < -0.4 is 14.4 Å². The minimum absolute atomic E-state index is 0.0837. The number of carbonyl (C=O) groups is 1. The molecule has 0 saturated heterocycles. The summed E-state index contributed by atoms with van der Waals surface area (Å²) in [6.45, 7) is 16.0. The van der Waals surface area contributed by atoms with Crippen molar-refractivity contribution in [1.82, 2.24) is 24.8 Å². The Morgan fingerprint density at radius 3 is 2.45 bits per heavy atom. The van der Waals surface area contributed by atoms with Gasteiger partial charge in [0.15, 0.2) is 0 Å². The molecule has 51 heavy (non-hydrogen) atoms. The molecule has 1 aliphatic heterocycles. The van der Waals surface area contributed by atoms with Crippen molar-refractivity contribution in [2.75, 3.05) is 36.5 Å². The molecule has 3 heterocycles. The lowest BCUT2D eigenvalue weighted by Crippen LogP contribution is -2.45. The number of nitrogens with one attached hydrogen (secondary N) is 1. The first-order valence-corrected chi connectivity index (χ1v) is 18.7. The largest absolute Gasteiger partial charge is 0.475 e. The zero-order valence-electron chi connectivity index (χ0n) is 30.8. The molecule has 1 atom stereocenters. The fraction of sp³-hybridized carbons (Fsp3) is 0.447. The second-order valence-corrected chi connectivity index (χ2v) is 16.2. The molecule has 0 radical (unpaired) electrons. The maximum absolute atomic E-state index is 14.6. The van der Waals surface area contributed by atoms with Gasteiger partial charge in [0, 0.05) is 43.5 Å².